The van der Waals surface area contributed by atoms with Crippen LogP contribution in [0.1, 0.15) is 406 Å². The zero-order chi connectivity index (χ0) is 55.7. The van der Waals surface area contributed by atoms with Crippen molar-refractivity contribution in [2.45, 2.75) is 418 Å². The van der Waals surface area contributed by atoms with Gasteiger partial charge in [-0.05, 0) is 51.4 Å². The number of amides is 1. The van der Waals surface area contributed by atoms with Crippen LogP contribution in [-0.2, 0) is 14.3 Å². The van der Waals surface area contributed by atoms with Crippen LogP contribution in [0.3, 0.4) is 0 Å². The zero-order valence-electron chi connectivity index (χ0n) is 52.5. The van der Waals surface area contributed by atoms with E-state index >= 15 is 0 Å². The predicted molar refractivity (Wildman–Crippen MR) is 338 cm³/mol. The molecule has 0 fully saturated rings. The number of ether oxygens (including phenoxy) is 1. The summed E-state index contributed by atoms with van der Waals surface area (Å²) in [6.45, 7) is 4.99. The van der Waals surface area contributed by atoms with E-state index in [-0.39, 0.29) is 18.5 Å². The fourth-order valence-corrected chi connectivity index (χ4v) is 11.4. The number of carbonyl (C=O) groups excluding carboxylic acids is 2. The van der Waals surface area contributed by atoms with Gasteiger partial charge < -0.3 is 20.3 Å². The van der Waals surface area contributed by atoms with Gasteiger partial charge in [-0.1, -0.05) is 353 Å². The second-order valence-electron chi connectivity index (χ2n) is 24.6. The van der Waals surface area contributed by atoms with Crippen LogP contribution < -0.4 is 5.32 Å². The summed E-state index contributed by atoms with van der Waals surface area (Å²) in [5.41, 5.74) is 0. The number of aliphatic hydroxyl groups is 2. The van der Waals surface area contributed by atoms with Crippen LogP contribution in [-0.4, -0.2) is 47.4 Å². The average Bonchev–Trinajstić information content (AvgIpc) is 3.43. The van der Waals surface area contributed by atoms with E-state index in [1.54, 1.807) is 0 Å². The molecule has 0 aromatic heterocycles. The lowest BCUT2D eigenvalue weighted by atomic mass is 10.0. The number of unbranched alkanes of at least 4 members (excludes halogenated alkanes) is 54. The maximum absolute atomic E-state index is 12.6. The SMILES string of the molecule is CCCCCCCCCCCCCCCCCCCCCCCCCCCC(O)C(CO)NC(=O)CCCCCCCCC/C=C\CCCCCCCCCCCOC(=O)CCCCCCCCCCCCCCCCC. The van der Waals surface area contributed by atoms with E-state index in [1.165, 1.54) is 334 Å². The van der Waals surface area contributed by atoms with Crippen molar-refractivity contribution in [3.05, 3.63) is 12.2 Å². The maximum Gasteiger partial charge on any atom is 0.305 e. The molecule has 458 valence electrons. The Bertz CT molecular complexity index is 1160. The molecular formula is C71H139NO5. The van der Waals surface area contributed by atoms with Gasteiger partial charge in [-0.15, -0.1) is 0 Å². The molecule has 0 aliphatic carbocycles. The van der Waals surface area contributed by atoms with Crippen LogP contribution in [0.4, 0.5) is 0 Å². The third-order valence-electron chi connectivity index (χ3n) is 16.8. The minimum absolute atomic E-state index is 0.0105. The summed E-state index contributed by atoms with van der Waals surface area (Å²) < 4.78 is 5.49. The van der Waals surface area contributed by atoms with Gasteiger partial charge in [0, 0.05) is 12.8 Å². The number of esters is 1. The van der Waals surface area contributed by atoms with Gasteiger partial charge in [0.1, 0.15) is 0 Å². The lowest BCUT2D eigenvalue weighted by molar-refractivity contribution is -0.143. The molecule has 0 saturated heterocycles. The number of aliphatic hydroxyl groups excluding tert-OH is 2. The highest BCUT2D eigenvalue weighted by Gasteiger charge is 2.20. The standard InChI is InChI=1S/C71H139NO5/c1-3-5-7-9-11-13-15-17-19-20-21-22-23-24-25-26-29-32-36-39-43-47-51-55-59-63-69(74)68(67-73)72-70(75)64-60-56-52-48-44-40-37-33-30-27-28-31-34-38-42-46-50-54-58-62-66-77-71(76)65-61-57-53-49-45-41-35-18-16-14-12-10-8-6-4-2/h27,30,68-69,73-74H,3-26,28-29,31-67H2,1-2H3,(H,72,75)/b30-27-. The molecule has 0 aliphatic heterocycles. The van der Waals surface area contributed by atoms with Crippen LogP contribution in [0.5, 0.6) is 0 Å². The molecule has 0 spiro atoms. The molecule has 6 heteroatoms. The lowest BCUT2D eigenvalue weighted by Gasteiger charge is -2.22. The summed E-state index contributed by atoms with van der Waals surface area (Å²) in [6, 6.07) is -0.549. The summed E-state index contributed by atoms with van der Waals surface area (Å²) in [5.74, 6) is -0.0277. The van der Waals surface area contributed by atoms with E-state index in [9.17, 15) is 19.8 Å². The van der Waals surface area contributed by atoms with Crippen molar-refractivity contribution >= 4 is 11.9 Å². The highest BCUT2D eigenvalue weighted by atomic mass is 16.5. The summed E-state index contributed by atoms with van der Waals surface area (Å²) in [5, 5.41) is 23.4. The number of nitrogens with one attached hydrogen (secondary N) is 1. The van der Waals surface area contributed by atoms with Gasteiger partial charge >= 0.3 is 5.97 Å². The first-order chi connectivity index (χ1) is 38.0. The van der Waals surface area contributed by atoms with Gasteiger partial charge in [-0.2, -0.15) is 0 Å². The fourth-order valence-electron chi connectivity index (χ4n) is 11.4. The number of allylic oxidation sites excluding steroid dienone is 2. The third-order valence-corrected chi connectivity index (χ3v) is 16.8. The zero-order valence-corrected chi connectivity index (χ0v) is 52.5. The second kappa shape index (κ2) is 67.1. The van der Waals surface area contributed by atoms with E-state index in [0.717, 1.165) is 38.5 Å². The molecule has 0 rings (SSSR count). The van der Waals surface area contributed by atoms with Gasteiger partial charge in [0.15, 0.2) is 0 Å². The van der Waals surface area contributed by atoms with Crippen LogP contribution in [0, 0.1) is 0 Å². The molecule has 0 aromatic carbocycles. The Morgan fingerprint density at radius 1 is 0.351 bits per heavy atom. The minimum atomic E-state index is -0.671. The van der Waals surface area contributed by atoms with Gasteiger partial charge in [0.2, 0.25) is 5.91 Å². The molecule has 77 heavy (non-hydrogen) atoms. The Morgan fingerprint density at radius 2 is 0.610 bits per heavy atom. The molecule has 2 unspecified atom stereocenters. The predicted octanol–water partition coefficient (Wildman–Crippen LogP) is 22.8. The highest BCUT2D eigenvalue weighted by Crippen LogP contribution is 2.19. The van der Waals surface area contributed by atoms with E-state index in [4.69, 9.17) is 4.74 Å². The topological polar surface area (TPSA) is 95.9 Å². The van der Waals surface area contributed by atoms with Crippen molar-refractivity contribution in [1.29, 1.82) is 0 Å². The largest absolute Gasteiger partial charge is 0.466 e. The third kappa shape index (κ3) is 63.6. The number of rotatable bonds is 67. The van der Waals surface area contributed by atoms with E-state index < -0.39 is 12.1 Å². The molecule has 1 amide bonds. The van der Waals surface area contributed by atoms with Crippen LogP contribution >= 0.6 is 0 Å². The van der Waals surface area contributed by atoms with E-state index in [0.29, 0.717) is 25.9 Å². The van der Waals surface area contributed by atoms with Crippen molar-refractivity contribution in [2.75, 3.05) is 13.2 Å². The molecule has 6 nitrogen and oxygen atoms in total. The van der Waals surface area contributed by atoms with Crippen molar-refractivity contribution in [3.63, 3.8) is 0 Å². The summed E-state index contributed by atoms with van der Waals surface area (Å²) in [4.78, 5) is 24.6. The number of hydrogen-bond donors (Lipinski definition) is 3. The van der Waals surface area contributed by atoms with Crippen LogP contribution in [0.25, 0.3) is 0 Å². The monoisotopic (exact) mass is 1090 g/mol. The van der Waals surface area contributed by atoms with Gasteiger partial charge in [0.25, 0.3) is 0 Å². The average molecular weight is 1090 g/mol. The lowest BCUT2D eigenvalue weighted by Crippen LogP contribution is -2.45. The second-order valence-corrected chi connectivity index (χ2v) is 24.6. The molecule has 0 saturated carbocycles. The first-order valence-corrected chi connectivity index (χ1v) is 35.4. The molecular weight excluding hydrogens is 947 g/mol. The molecule has 0 aliphatic rings. The van der Waals surface area contributed by atoms with Gasteiger partial charge in [0.05, 0.1) is 25.4 Å². The van der Waals surface area contributed by atoms with Crippen molar-refractivity contribution < 1.29 is 24.5 Å². The Labute approximate surface area is 482 Å². The highest BCUT2D eigenvalue weighted by molar-refractivity contribution is 5.76. The van der Waals surface area contributed by atoms with E-state index in [2.05, 4.69) is 31.3 Å². The van der Waals surface area contributed by atoms with E-state index in [1.807, 2.05) is 0 Å². The molecule has 2 atom stereocenters. The Hall–Kier alpha value is -1.40. The Kier molecular flexibility index (Phi) is 65.9. The van der Waals surface area contributed by atoms with Gasteiger partial charge in [-0.3, -0.25) is 9.59 Å². The maximum atomic E-state index is 12.6. The first kappa shape index (κ1) is 75.6. The first-order valence-electron chi connectivity index (χ1n) is 35.4. The number of carbonyl (C=O) groups is 2. The summed E-state index contributed by atoms with van der Waals surface area (Å²) >= 11 is 0. The molecule has 0 radical (unpaired) electrons. The fraction of sp³-hybridized carbons (Fsp3) is 0.944. The molecule has 3 N–H and O–H groups in total. The van der Waals surface area contributed by atoms with Crippen molar-refractivity contribution in [2.24, 2.45) is 0 Å². The van der Waals surface area contributed by atoms with Gasteiger partial charge in [-0.25, -0.2) is 0 Å². The van der Waals surface area contributed by atoms with Crippen LogP contribution in [0.2, 0.25) is 0 Å². The molecule has 0 aromatic rings. The minimum Gasteiger partial charge on any atom is -0.466 e. The summed E-state index contributed by atoms with van der Waals surface area (Å²) in [6.07, 6.45) is 82.5. The molecule has 0 bridgehead atoms. The normalized spacial score (nSPS) is 12.5. The summed E-state index contributed by atoms with van der Waals surface area (Å²) in [7, 11) is 0. The smallest absolute Gasteiger partial charge is 0.305 e. The Morgan fingerprint density at radius 3 is 0.922 bits per heavy atom. The van der Waals surface area contributed by atoms with Crippen molar-refractivity contribution in [3.8, 4) is 0 Å². The van der Waals surface area contributed by atoms with Crippen LogP contribution in [0.15, 0.2) is 12.2 Å². The Balaban J connectivity index is 3.41. The number of hydrogen-bond acceptors (Lipinski definition) is 5. The molecule has 0 heterocycles. The van der Waals surface area contributed by atoms with Crippen molar-refractivity contribution in [1.82, 2.24) is 5.32 Å². The quantitative estimate of drug-likeness (QED) is 0.0320.